The molecule has 3 rings (SSSR count). The first-order valence-corrected chi connectivity index (χ1v) is 10.6. The van der Waals surface area contributed by atoms with Crippen LogP contribution in [0.4, 0.5) is 0 Å². The van der Waals surface area contributed by atoms with Gasteiger partial charge in [0.15, 0.2) is 0 Å². The Hall–Kier alpha value is -2.40. The van der Waals surface area contributed by atoms with E-state index in [9.17, 15) is 0 Å². The summed E-state index contributed by atoms with van der Waals surface area (Å²) in [6, 6.07) is 24.3. The van der Waals surface area contributed by atoms with Crippen molar-refractivity contribution in [3.8, 4) is 11.3 Å². The van der Waals surface area contributed by atoms with Crippen LogP contribution in [-0.2, 0) is 0 Å². The zero-order valence-corrected chi connectivity index (χ0v) is 18.9. The summed E-state index contributed by atoms with van der Waals surface area (Å²) in [7, 11) is 0. The molecule has 0 aliphatic heterocycles. The van der Waals surface area contributed by atoms with Crippen LogP contribution < -0.4 is 5.73 Å². The van der Waals surface area contributed by atoms with E-state index in [1.807, 2.05) is 50.2 Å². The van der Waals surface area contributed by atoms with Gasteiger partial charge in [0.2, 0.25) is 0 Å². The van der Waals surface area contributed by atoms with Crippen molar-refractivity contribution < 1.29 is 10.2 Å². The summed E-state index contributed by atoms with van der Waals surface area (Å²) in [6.07, 6.45) is -0.341. The first kappa shape index (κ1) is 25.6. The molecule has 0 bridgehead atoms. The lowest BCUT2D eigenvalue weighted by molar-refractivity contribution is 0.199. The van der Waals surface area contributed by atoms with Crippen LogP contribution in [0.25, 0.3) is 11.3 Å². The van der Waals surface area contributed by atoms with Gasteiger partial charge in [0, 0.05) is 17.4 Å². The van der Waals surface area contributed by atoms with Crippen LogP contribution in [-0.4, -0.2) is 27.8 Å². The summed E-state index contributed by atoms with van der Waals surface area (Å²) in [5, 5.41) is 17.4. The van der Waals surface area contributed by atoms with E-state index in [2.05, 4.69) is 55.2 Å². The molecule has 0 fully saturated rings. The van der Waals surface area contributed by atoms with E-state index < -0.39 is 0 Å². The molecule has 4 heteroatoms. The highest BCUT2D eigenvalue weighted by atomic mass is 16.3. The Morgan fingerprint density at radius 2 is 1.33 bits per heavy atom. The molecule has 0 amide bonds. The van der Waals surface area contributed by atoms with Gasteiger partial charge in [-0.15, -0.1) is 0 Å². The third-order valence-electron chi connectivity index (χ3n) is 4.76. The minimum Gasteiger partial charge on any atom is -0.395 e. The molecule has 30 heavy (non-hydrogen) atoms. The normalized spacial score (nSPS) is 12.5. The van der Waals surface area contributed by atoms with Crippen LogP contribution in [0.2, 0.25) is 0 Å². The van der Waals surface area contributed by atoms with Gasteiger partial charge in [-0.1, -0.05) is 88.4 Å². The molecule has 0 radical (unpaired) electrons. The van der Waals surface area contributed by atoms with E-state index in [-0.39, 0.29) is 18.8 Å². The third-order valence-corrected chi connectivity index (χ3v) is 4.76. The molecule has 3 aromatic rings. The molecule has 5 N–H and O–H groups in total. The predicted octanol–water partition coefficient (Wildman–Crippen LogP) is 5.51. The molecular weight excluding hydrogens is 372 g/mol. The average Bonchev–Trinajstić information content (AvgIpc) is 3.26. The molecule has 1 heterocycles. The Balaban J connectivity index is 0.000000244. The lowest BCUT2D eigenvalue weighted by Crippen LogP contribution is -2.29. The lowest BCUT2D eigenvalue weighted by atomic mass is 10.1. The highest BCUT2D eigenvalue weighted by molar-refractivity contribution is 5.59. The second-order valence-corrected chi connectivity index (χ2v) is 8.03. The summed E-state index contributed by atoms with van der Waals surface area (Å²) in [5.41, 5.74) is 10.1. The molecule has 1 aromatic heterocycles. The van der Waals surface area contributed by atoms with Crippen molar-refractivity contribution in [1.82, 2.24) is 4.98 Å². The molecule has 0 saturated heterocycles. The molecule has 2 atom stereocenters. The minimum atomic E-state index is -0.341. The maximum Gasteiger partial charge on any atom is 0.0761 e. The second-order valence-electron chi connectivity index (χ2n) is 8.03. The van der Waals surface area contributed by atoms with Crippen LogP contribution in [0, 0.1) is 5.92 Å². The summed E-state index contributed by atoms with van der Waals surface area (Å²) < 4.78 is 0. The van der Waals surface area contributed by atoms with Gasteiger partial charge in [0.25, 0.3) is 0 Å². The number of aromatic amines is 1. The zero-order valence-electron chi connectivity index (χ0n) is 18.9. The maximum atomic E-state index is 9.02. The number of nitrogens with two attached hydrogens (primary N) is 1. The van der Waals surface area contributed by atoms with Crippen LogP contribution in [0.1, 0.15) is 57.9 Å². The Morgan fingerprint density at radius 3 is 1.67 bits per heavy atom. The van der Waals surface area contributed by atoms with Crippen LogP contribution >= 0.6 is 0 Å². The zero-order chi connectivity index (χ0) is 22.5. The Morgan fingerprint density at radius 1 is 0.800 bits per heavy atom. The average molecular weight is 411 g/mol. The van der Waals surface area contributed by atoms with Crippen LogP contribution in [0.3, 0.4) is 0 Å². The standard InChI is InChI=1S/C13H15N.C8H10O.C5H13NO/c1-10(2)12-8-9-13(14-12)11-6-4-3-5-7-11;1-7(9)8-5-3-2-4-6-8;1-4(2)5(6)3-7/h3-10,14H,1-2H3;2-7,9H,1H3;4-5,7H,3,6H2,1-2H3. The Labute approximate surface area is 181 Å². The van der Waals surface area contributed by atoms with Crippen molar-refractivity contribution in [2.75, 3.05) is 6.61 Å². The van der Waals surface area contributed by atoms with Crippen LogP contribution in [0.5, 0.6) is 0 Å². The number of aromatic nitrogens is 1. The number of nitrogens with one attached hydrogen (secondary N) is 1. The summed E-state index contributed by atoms with van der Waals surface area (Å²) in [6.45, 7) is 10.2. The van der Waals surface area contributed by atoms with Gasteiger partial charge in [-0.05, 0) is 42.0 Å². The molecule has 0 aliphatic rings. The van der Waals surface area contributed by atoms with E-state index in [0.29, 0.717) is 11.8 Å². The van der Waals surface area contributed by atoms with Crippen molar-refractivity contribution in [3.05, 3.63) is 84.1 Å². The molecule has 0 aliphatic carbocycles. The second kappa shape index (κ2) is 13.8. The fourth-order valence-corrected chi connectivity index (χ4v) is 2.48. The number of benzene rings is 2. The SMILES string of the molecule is CC(C)C(N)CO.CC(C)c1ccc(-c2ccccc2)[nH]1.CC(O)c1ccccc1. The summed E-state index contributed by atoms with van der Waals surface area (Å²) in [4.78, 5) is 3.43. The number of hydrogen-bond acceptors (Lipinski definition) is 3. The monoisotopic (exact) mass is 410 g/mol. The topological polar surface area (TPSA) is 82.3 Å². The lowest BCUT2D eigenvalue weighted by Gasteiger charge is -2.10. The Kier molecular flexibility index (Phi) is 11.8. The molecule has 2 aromatic carbocycles. The fraction of sp³-hybridized carbons (Fsp3) is 0.385. The minimum absolute atomic E-state index is 0.0417. The van der Waals surface area contributed by atoms with Crippen molar-refractivity contribution in [3.63, 3.8) is 0 Å². The molecule has 0 saturated carbocycles. The number of rotatable bonds is 5. The van der Waals surface area contributed by atoms with Crippen molar-refractivity contribution in [1.29, 1.82) is 0 Å². The molecule has 0 spiro atoms. The fourth-order valence-electron chi connectivity index (χ4n) is 2.48. The molecular formula is C26H38N2O2. The van der Waals surface area contributed by atoms with Gasteiger partial charge >= 0.3 is 0 Å². The third kappa shape index (κ3) is 9.40. The quantitative estimate of drug-likeness (QED) is 0.448. The highest BCUT2D eigenvalue weighted by Gasteiger charge is 2.04. The van der Waals surface area contributed by atoms with Gasteiger partial charge in [-0.2, -0.15) is 0 Å². The predicted molar refractivity (Wildman–Crippen MR) is 127 cm³/mol. The Bertz CT molecular complexity index is 796. The van der Waals surface area contributed by atoms with Crippen LogP contribution in [0.15, 0.2) is 72.8 Å². The summed E-state index contributed by atoms with van der Waals surface area (Å²) >= 11 is 0. The molecule has 4 nitrogen and oxygen atoms in total. The van der Waals surface area contributed by atoms with Gasteiger partial charge in [-0.25, -0.2) is 0 Å². The van der Waals surface area contributed by atoms with E-state index in [1.54, 1.807) is 6.92 Å². The smallest absolute Gasteiger partial charge is 0.0761 e. The van der Waals surface area contributed by atoms with Gasteiger partial charge in [-0.3, -0.25) is 0 Å². The van der Waals surface area contributed by atoms with Crippen molar-refractivity contribution in [2.45, 2.75) is 52.7 Å². The van der Waals surface area contributed by atoms with E-state index in [0.717, 1.165) is 5.56 Å². The van der Waals surface area contributed by atoms with Crippen molar-refractivity contribution >= 4 is 0 Å². The van der Waals surface area contributed by atoms with Gasteiger partial charge in [0.1, 0.15) is 0 Å². The molecule has 164 valence electrons. The first-order chi connectivity index (χ1) is 14.3. The maximum absolute atomic E-state index is 9.02. The number of aliphatic hydroxyl groups excluding tert-OH is 2. The van der Waals surface area contributed by atoms with Gasteiger partial charge in [0.05, 0.1) is 12.7 Å². The summed E-state index contributed by atoms with van der Waals surface area (Å²) in [5.74, 6) is 0.956. The number of aliphatic hydroxyl groups is 2. The molecule has 2 unspecified atom stereocenters. The van der Waals surface area contributed by atoms with E-state index >= 15 is 0 Å². The van der Waals surface area contributed by atoms with Crippen molar-refractivity contribution in [2.24, 2.45) is 11.7 Å². The largest absolute Gasteiger partial charge is 0.395 e. The van der Waals surface area contributed by atoms with E-state index in [1.165, 1.54) is 17.0 Å². The van der Waals surface area contributed by atoms with Gasteiger partial charge < -0.3 is 20.9 Å². The first-order valence-electron chi connectivity index (χ1n) is 10.6. The number of hydrogen-bond donors (Lipinski definition) is 4. The van der Waals surface area contributed by atoms with E-state index in [4.69, 9.17) is 15.9 Å². The number of H-pyrrole nitrogens is 1. The highest BCUT2D eigenvalue weighted by Crippen LogP contribution is 2.21.